The molecule has 1 unspecified atom stereocenters. The van der Waals surface area contributed by atoms with Gasteiger partial charge >= 0.3 is 11.7 Å². The van der Waals surface area contributed by atoms with Crippen LogP contribution < -0.4 is 16.5 Å². The molecule has 0 amide bonds. The average molecular weight is 494 g/mol. The highest BCUT2D eigenvalue weighted by atomic mass is 31.1. The van der Waals surface area contributed by atoms with Crippen LogP contribution in [0.15, 0.2) is 17.1 Å². The Morgan fingerprint density at radius 1 is 1.45 bits per heavy atom. The summed E-state index contributed by atoms with van der Waals surface area (Å²) in [6.07, 6.45) is 1.13. The number of carbonyl (C=O) groups excluding carboxylic acids is 1. The van der Waals surface area contributed by atoms with Crippen molar-refractivity contribution >= 4 is 20.0 Å². The van der Waals surface area contributed by atoms with Crippen molar-refractivity contribution in [2.75, 3.05) is 12.3 Å². The summed E-state index contributed by atoms with van der Waals surface area (Å²) < 4.78 is 58.6. The topological polar surface area (TPSA) is 155 Å². The maximum absolute atomic E-state index is 15.3. The first-order valence-corrected chi connectivity index (χ1v) is 12.0. The number of rotatable bonds is 8. The molecule has 1 saturated heterocycles. The van der Waals surface area contributed by atoms with Crippen molar-refractivity contribution in [3.05, 3.63) is 22.7 Å². The maximum atomic E-state index is 15.3. The summed E-state index contributed by atoms with van der Waals surface area (Å²) in [7, 11) is -3.20. The molecule has 3 rings (SSSR count). The number of nitrogens with zero attached hydrogens (tertiary/aromatic N) is 2. The molecule has 0 radical (unpaired) electrons. The Labute approximate surface area is 189 Å². The van der Waals surface area contributed by atoms with Gasteiger partial charge in [-0.3, -0.25) is 13.9 Å². The van der Waals surface area contributed by atoms with E-state index in [9.17, 15) is 19.3 Å². The number of aromatic nitrogens is 2. The molecular weight excluding hydrogens is 465 g/mol. The fraction of sp³-hybridized carbons (Fsp3) is 0.737. The second-order valence-electron chi connectivity index (χ2n) is 8.49. The molecule has 2 heterocycles. The summed E-state index contributed by atoms with van der Waals surface area (Å²) in [5, 5.41) is 12.6. The van der Waals surface area contributed by atoms with E-state index in [1.807, 2.05) is 0 Å². The van der Waals surface area contributed by atoms with E-state index in [0.717, 1.165) is 45.2 Å². The smallest absolute Gasteiger partial charge is 0.351 e. The average Bonchev–Trinajstić information content (AvgIpc) is 2.93. The Balaban J connectivity index is 1.58. The third kappa shape index (κ3) is 5.78. The van der Waals surface area contributed by atoms with Gasteiger partial charge in [-0.2, -0.15) is 4.98 Å². The van der Waals surface area contributed by atoms with E-state index in [2.05, 4.69) is 10.1 Å². The van der Waals surface area contributed by atoms with Gasteiger partial charge in [0.2, 0.25) is 0 Å². The highest BCUT2D eigenvalue weighted by Crippen LogP contribution is 2.48. The zero-order chi connectivity index (χ0) is 24.4. The minimum atomic E-state index is -3.20. The molecule has 0 bridgehead atoms. The predicted molar refractivity (Wildman–Crippen MR) is 113 cm³/mol. The Kier molecular flexibility index (Phi) is 7.90. The number of nitrogens with one attached hydrogen (secondary N) is 1. The number of ether oxygens (including phenoxy) is 2. The Morgan fingerprint density at radius 2 is 2.12 bits per heavy atom. The van der Waals surface area contributed by atoms with E-state index in [1.54, 1.807) is 0 Å². The van der Waals surface area contributed by atoms with Gasteiger partial charge in [-0.1, -0.05) is 6.42 Å². The summed E-state index contributed by atoms with van der Waals surface area (Å²) in [6.45, 7) is 1.13. The number of esters is 1. The number of alkyl halides is 2. The summed E-state index contributed by atoms with van der Waals surface area (Å²) in [5.74, 6) is -3.89. The van der Waals surface area contributed by atoms with Gasteiger partial charge in [0.25, 0.3) is 14.0 Å². The number of hydrogen-bond donors (Lipinski definition) is 3. The zero-order valence-electron chi connectivity index (χ0n) is 18.3. The second kappa shape index (κ2) is 10.1. The molecular formula is C19H29F2N4O7P. The first-order chi connectivity index (χ1) is 15.4. The number of carbonyl (C=O) groups is 1. The summed E-state index contributed by atoms with van der Waals surface area (Å²) >= 11 is 0. The monoisotopic (exact) mass is 494 g/mol. The van der Waals surface area contributed by atoms with Crippen LogP contribution in [0.2, 0.25) is 0 Å². The number of halogens is 2. The minimum Gasteiger partial charge on any atom is -0.461 e. The molecule has 0 aromatic carbocycles. The van der Waals surface area contributed by atoms with Crippen molar-refractivity contribution in [1.29, 1.82) is 0 Å². The molecule has 6 atom stereocenters. The van der Waals surface area contributed by atoms with Gasteiger partial charge in [0.1, 0.15) is 24.6 Å². The predicted octanol–water partition coefficient (Wildman–Crippen LogP) is 1.37. The molecule has 4 N–H and O–H groups in total. The molecule has 14 heteroatoms. The molecule has 1 aliphatic heterocycles. The van der Waals surface area contributed by atoms with Crippen molar-refractivity contribution in [3.63, 3.8) is 0 Å². The SMILES string of the molecule is C[C@H](N[PH](=O)OC[C@@]1(F)O[C@@H](n2ccc(N)nc2=O)[C@](C)(F)[C@@H]1O)C(=O)OC1CCCCC1. The lowest BCUT2D eigenvalue weighted by molar-refractivity contribution is -0.202. The van der Waals surface area contributed by atoms with Crippen LogP contribution in [0.4, 0.5) is 14.6 Å². The summed E-state index contributed by atoms with van der Waals surface area (Å²) in [5.41, 5.74) is 1.62. The van der Waals surface area contributed by atoms with Crippen LogP contribution in [0, 0.1) is 0 Å². The maximum Gasteiger partial charge on any atom is 0.351 e. The number of nitrogens with two attached hydrogens (primary N) is 1. The lowest BCUT2D eigenvalue weighted by Gasteiger charge is -2.25. The van der Waals surface area contributed by atoms with Crippen LogP contribution >= 0.6 is 8.18 Å². The standard InChI is InChI=1S/C19H29F2N4O7P/c1-11(14(26)31-12-6-4-3-5-7-12)24-33(29)30-10-19(21)15(27)18(2,20)16(32-19)25-9-8-13(22)23-17(25)28/h8-9,11-12,15-16,27,33H,3-7,10H2,1-2H3,(H,24,29)(H2,22,23,28)/t11-,15-,16+,18+,19+/m0/s1. The fourth-order valence-corrected chi connectivity index (χ4v) is 4.74. The van der Waals surface area contributed by atoms with E-state index in [0.29, 0.717) is 4.57 Å². The van der Waals surface area contributed by atoms with Crippen molar-refractivity contribution < 1.29 is 37.2 Å². The van der Waals surface area contributed by atoms with Gasteiger partial charge in [-0.15, -0.1) is 0 Å². The van der Waals surface area contributed by atoms with E-state index >= 15 is 8.78 Å². The second-order valence-corrected chi connectivity index (χ2v) is 9.64. The van der Waals surface area contributed by atoms with Gasteiger partial charge in [0.15, 0.2) is 18.0 Å². The minimum absolute atomic E-state index is 0.133. The third-order valence-corrected chi connectivity index (χ3v) is 6.84. The van der Waals surface area contributed by atoms with Crippen LogP contribution in [0.1, 0.15) is 52.2 Å². The number of hydrogen-bond acceptors (Lipinski definition) is 9. The lowest BCUT2D eigenvalue weighted by Crippen LogP contribution is -2.47. The first-order valence-electron chi connectivity index (χ1n) is 10.7. The van der Waals surface area contributed by atoms with Crippen molar-refractivity contribution in [2.45, 2.75) is 82.0 Å². The van der Waals surface area contributed by atoms with Crippen molar-refractivity contribution in [3.8, 4) is 0 Å². The summed E-state index contributed by atoms with van der Waals surface area (Å²) in [6, 6.07) is 0.181. The number of aliphatic hydroxyl groups is 1. The van der Waals surface area contributed by atoms with Gasteiger partial charge in [-0.05, 0) is 45.6 Å². The van der Waals surface area contributed by atoms with Crippen LogP contribution in [-0.4, -0.2) is 57.0 Å². The van der Waals surface area contributed by atoms with Crippen molar-refractivity contribution in [2.24, 2.45) is 0 Å². The fourth-order valence-electron chi connectivity index (χ4n) is 3.86. The highest BCUT2D eigenvalue weighted by molar-refractivity contribution is 7.36. The quantitative estimate of drug-likeness (QED) is 0.356. The number of anilines is 1. The van der Waals surface area contributed by atoms with Crippen LogP contribution in [0.5, 0.6) is 0 Å². The molecule has 33 heavy (non-hydrogen) atoms. The Morgan fingerprint density at radius 3 is 2.76 bits per heavy atom. The van der Waals surface area contributed by atoms with Crippen LogP contribution in [0.3, 0.4) is 0 Å². The molecule has 1 aromatic rings. The normalized spacial score (nSPS) is 32.4. The van der Waals surface area contributed by atoms with Gasteiger partial charge in [-0.25, -0.2) is 18.7 Å². The highest BCUT2D eigenvalue weighted by Gasteiger charge is 2.64. The number of aliphatic hydroxyl groups excluding tert-OH is 1. The lowest BCUT2D eigenvalue weighted by atomic mass is 9.97. The van der Waals surface area contributed by atoms with Crippen molar-refractivity contribution in [1.82, 2.24) is 14.6 Å². The van der Waals surface area contributed by atoms with Gasteiger partial charge in [0, 0.05) is 6.20 Å². The van der Waals surface area contributed by atoms with Gasteiger partial charge < -0.3 is 24.8 Å². The van der Waals surface area contributed by atoms with Crippen LogP contribution in [0.25, 0.3) is 0 Å². The van der Waals surface area contributed by atoms with E-state index in [1.165, 1.54) is 13.0 Å². The largest absolute Gasteiger partial charge is 0.461 e. The zero-order valence-corrected chi connectivity index (χ0v) is 19.3. The first kappa shape index (κ1) is 25.7. The van der Waals surface area contributed by atoms with E-state index in [-0.39, 0.29) is 11.9 Å². The Bertz CT molecular complexity index is 943. The molecule has 186 valence electrons. The van der Waals surface area contributed by atoms with Gasteiger partial charge in [0.05, 0.1) is 0 Å². The molecule has 1 aromatic heterocycles. The third-order valence-electron chi connectivity index (χ3n) is 5.76. The molecule has 2 aliphatic rings. The molecule has 2 fully saturated rings. The summed E-state index contributed by atoms with van der Waals surface area (Å²) in [4.78, 5) is 27.6. The van der Waals surface area contributed by atoms with E-state index < -0.39 is 56.3 Å². The Hall–Kier alpha value is -1.92. The number of nitrogen functional groups attached to an aromatic ring is 1. The molecule has 1 aliphatic carbocycles. The molecule has 1 saturated carbocycles. The molecule has 11 nitrogen and oxygen atoms in total. The van der Waals surface area contributed by atoms with E-state index in [4.69, 9.17) is 19.7 Å². The van der Waals surface area contributed by atoms with Crippen LogP contribution in [-0.2, 0) is 23.4 Å². The molecule has 0 spiro atoms.